The van der Waals surface area contributed by atoms with Gasteiger partial charge in [-0.05, 0) is 6.42 Å². The Kier molecular flexibility index (Phi) is 3.65. The van der Waals surface area contributed by atoms with Gasteiger partial charge in [0.25, 0.3) is 0 Å². The molecule has 0 unspecified atom stereocenters. The van der Waals surface area contributed by atoms with E-state index in [-0.39, 0.29) is 5.41 Å². The standard InChI is InChI=1S/C11H16F3NO/c1-4-5-6-10(2,3)8-7-9(16-15-8)11(12,13)14/h7H,4-6H2,1-3H3. The van der Waals surface area contributed by atoms with Crippen molar-refractivity contribution in [1.82, 2.24) is 5.16 Å². The van der Waals surface area contributed by atoms with E-state index in [0.717, 1.165) is 25.3 Å². The van der Waals surface area contributed by atoms with Crippen LogP contribution in [0.3, 0.4) is 0 Å². The predicted molar refractivity (Wildman–Crippen MR) is 54.1 cm³/mol. The highest BCUT2D eigenvalue weighted by Gasteiger charge is 2.37. The fraction of sp³-hybridized carbons (Fsp3) is 0.727. The summed E-state index contributed by atoms with van der Waals surface area (Å²) in [6.45, 7) is 5.79. The Morgan fingerprint density at radius 2 is 1.94 bits per heavy atom. The molecule has 0 aliphatic carbocycles. The van der Waals surface area contributed by atoms with E-state index < -0.39 is 11.9 Å². The van der Waals surface area contributed by atoms with Gasteiger partial charge in [0.1, 0.15) is 0 Å². The molecule has 1 heterocycles. The van der Waals surface area contributed by atoms with Gasteiger partial charge in [-0.2, -0.15) is 13.2 Å². The van der Waals surface area contributed by atoms with Crippen LogP contribution < -0.4 is 0 Å². The van der Waals surface area contributed by atoms with Crippen LogP contribution in [0.5, 0.6) is 0 Å². The average Bonchev–Trinajstić information content (AvgIpc) is 2.63. The molecule has 0 spiro atoms. The van der Waals surface area contributed by atoms with Crippen molar-refractivity contribution in [2.45, 2.75) is 51.6 Å². The summed E-state index contributed by atoms with van der Waals surface area (Å²) in [6, 6.07) is 0.996. The van der Waals surface area contributed by atoms with Gasteiger partial charge in [-0.3, -0.25) is 0 Å². The summed E-state index contributed by atoms with van der Waals surface area (Å²) in [4.78, 5) is 0. The summed E-state index contributed by atoms with van der Waals surface area (Å²) in [6.07, 6.45) is -1.69. The van der Waals surface area contributed by atoms with Crippen LogP contribution in [-0.4, -0.2) is 5.16 Å². The molecule has 0 radical (unpaired) electrons. The maximum atomic E-state index is 12.3. The highest BCUT2D eigenvalue weighted by Crippen LogP contribution is 2.34. The fourth-order valence-electron chi connectivity index (χ4n) is 1.47. The summed E-state index contributed by atoms with van der Waals surface area (Å²) >= 11 is 0. The summed E-state index contributed by atoms with van der Waals surface area (Å²) in [5.74, 6) is -1.02. The zero-order chi connectivity index (χ0) is 12.4. The molecular weight excluding hydrogens is 219 g/mol. The summed E-state index contributed by atoms with van der Waals surface area (Å²) in [5, 5.41) is 3.51. The maximum Gasteiger partial charge on any atom is 0.452 e. The van der Waals surface area contributed by atoms with Gasteiger partial charge >= 0.3 is 6.18 Å². The highest BCUT2D eigenvalue weighted by molar-refractivity contribution is 5.16. The predicted octanol–water partition coefficient (Wildman–Crippen LogP) is 4.16. The van der Waals surface area contributed by atoms with Gasteiger partial charge < -0.3 is 4.52 Å². The number of halogens is 3. The van der Waals surface area contributed by atoms with E-state index in [1.807, 2.05) is 20.8 Å². The second-order valence-corrected chi connectivity index (χ2v) is 4.56. The normalized spacial score (nSPS) is 13.1. The van der Waals surface area contributed by atoms with Crippen LogP contribution in [-0.2, 0) is 11.6 Å². The first-order valence-electron chi connectivity index (χ1n) is 5.32. The molecule has 0 atom stereocenters. The van der Waals surface area contributed by atoms with Crippen molar-refractivity contribution in [3.63, 3.8) is 0 Å². The van der Waals surface area contributed by atoms with Crippen LogP contribution >= 0.6 is 0 Å². The first kappa shape index (κ1) is 13.1. The Balaban J connectivity index is 2.84. The molecule has 0 fully saturated rings. The molecule has 0 aliphatic heterocycles. The van der Waals surface area contributed by atoms with Crippen LogP contribution in [0.4, 0.5) is 13.2 Å². The quantitative estimate of drug-likeness (QED) is 0.783. The SMILES string of the molecule is CCCCC(C)(C)c1cc(C(F)(F)F)on1. The van der Waals surface area contributed by atoms with Gasteiger partial charge in [0.15, 0.2) is 0 Å². The van der Waals surface area contributed by atoms with Gasteiger partial charge in [0, 0.05) is 11.5 Å². The number of alkyl halides is 3. The molecule has 0 bridgehead atoms. The van der Waals surface area contributed by atoms with Crippen molar-refractivity contribution >= 4 is 0 Å². The lowest BCUT2D eigenvalue weighted by Crippen LogP contribution is -2.17. The van der Waals surface area contributed by atoms with E-state index in [4.69, 9.17) is 0 Å². The van der Waals surface area contributed by atoms with Gasteiger partial charge in [0.05, 0.1) is 5.69 Å². The van der Waals surface area contributed by atoms with Gasteiger partial charge in [-0.1, -0.05) is 38.8 Å². The zero-order valence-electron chi connectivity index (χ0n) is 9.69. The van der Waals surface area contributed by atoms with Crippen LogP contribution in [0, 0.1) is 0 Å². The number of hydrogen-bond donors (Lipinski definition) is 0. The first-order valence-corrected chi connectivity index (χ1v) is 5.32. The van der Waals surface area contributed by atoms with Crippen molar-refractivity contribution < 1.29 is 17.7 Å². The molecule has 92 valence electrons. The molecule has 0 N–H and O–H groups in total. The molecule has 0 saturated carbocycles. The minimum absolute atomic E-state index is 0.369. The largest absolute Gasteiger partial charge is 0.452 e. The second kappa shape index (κ2) is 4.47. The van der Waals surface area contributed by atoms with Crippen LogP contribution in [0.25, 0.3) is 0 Å². The van der Waals surface area contributed by atoms with E-state index in [1.54, 1.807) is 0 Å². The molecule has 16 heavy (non-hydrogen) atoms. The molecule has 0 saturated heterocycles. The van der Waals surface area contributed by atoms with Crippen molar-refractivity contribution in [2.24, 2.45) is 0 Å². The number of aromatic nitrogens is 1. The molecule has 1 rings (SSSR count). The summed E-state index contributed by atoms with van der Waals surface area (Å²) < 4.78 is 41.2. The van der Waals surface area contributed by atoms with Gasteiger partial charge in [-0.15, -0.1) is 0 Å². The second-order valence-electron chi connectivity index (χ2n) is 4.56. The van der Waals surface area contributed by atoms with Crippen molar-refractivity contribution in [3.8, 4) is 0 Å². The lowest BCUT2D eigenvalue weighted by Gasteiger charge is -2.20. The first-order chi connectivity index (χ1) is 7.27. The third-order valence-corrected chi connectivity index (χ3v) is 2.64. The van der Waals surface area contributed by atoms with E-state index in [2.05, 4.69) is 9.68 Å². The number of hydrogen-bond acceptors (Lipinski definition) is 2. The minimum Gasteiger partial charge on any atom is -0.351 e. The third kappa shape index (κ3) is 3.00. The smallest absolute Gasteiger partial charge is 0.351 e. The topological polar surface area (TPSA) is 26.0 Å². The molecule has 1 aromatic rings. The number of unbranched alkanes of at least 4 members (excludes halogenated alkanes) is 1. The van der Waals surface area contributed by atoms with Gasteiger partial charge in [-0.25, -0.2) is 0 Å². The number of rotatable bonds is 4. The molecule has 0 amide bonds. The lowest BCUT2D eigenvalue weighted by molar-refractivity contribution is -0.155. The van der Waals surface area contributed by atoms with Crippen molar-refractivity contribution in [3.05, 3.63) is 17.5 Å². The molecular formula is C11H16F3NO. The van der Waals surface area contributed by atoms with Crippen molar-refractivity contribution in [2.75, 3.05) is 0 Å². The number of nitrogens with zero attached hydrogens (tertiary/aromatic N) is 1. The summed E-state index contributed by atoms with van der Waals surface area (Å²) in [7, 11) is 0. The third-order valence-electron chi connectivity index (χ3n) is 2.64. The van der Waals surface area contributed by atoms with E-state index in [9.17, 15) is 13.2 Å². The van der Waals surface area contributed by atoms with Crippen LogP contribution in [0.1, 0.15) is 51.5 Å². The van der Waals surface area contributed by atoms with Crippen LogP contribution in [0.15, 0.2) is 10.6 Å². The Morgan fingerprint density at radius 3 is 2.38 bits per heavy atom. The van der Waals surface area contributed by atoms with E-state index >= 15 is 0 Å². The zero-order valence-corrected chi connectivity index (χ0v) is 9.69. The molecule has 2 nitrogen and oxygen atoms in total. The Bertz CT molecular complexity index is 341. The molecule has 5 heteroatoms. The van der Waals surface area contributed by atoms with Gasteiger partial charge in [0.2, 0.25) is 5.76 Å². The molecule has 1 aromatic heterocycles. The Hall–Kier alpha value is -1.00. The summed E-state index contributed by atoms with van der Waals surface area (Å²) in [5.41, 5.74) is -0.00324. The minimum atomic E-state index is -4.45. The highest BCUT2D eigenvalue weighted by atomic mass is 19.4. The Labute approximate surface area is 92.8 Å². The Morgan fingerprint density at radius 1 is 1.31 bits per heavy atom. The molecule has 0 aromatic carbocycles. The fourth-order valence-corrected chi connectivity index (χ4v) is 1.47. The van der Waals surface area contributed by atoms with Crippen molar-refractivity contribution in [1.29, 1.82) is 0 Å². The van der Waals surface area contributed by atoms with E-state index in [1.165, 1.54) is 0 Å². The monoisotopic (exact) mass is 235 g/mol. The average molecular weight is 235 g/mol. The maximum absolute atomic E-state index is 12.3. The lowest BCUT2D eigenvalue weighted by atomic mass is 9.84. The van der Waals surface area contributed by atoms with Crippen LogP contribution in [0.2, 0.25) is 0 Å². The molecule has 0 aliphatic rings. The van der Waals surface area contributed by atoms with E-state index in [0.29, 0.717) is 5.69 Å².